The number of benzene rings is 2. The molecule has 136 valence electrons. The van der Waals surface area contributed by atoms with Crippen molar-refractivity contribution >= 4 is 11.9 Å². The number of nitrogens with zero attached hydrogens (tertiary/aromatic N) is 1. The molecule has 0 bridgehead atoms. The first kappa shape index (κ1) is 18.1. The minimum Gasteiger partial charge on any atom is -0.455 e. The lowest BCUT2D eigenvalue weighted by atomic mass is 9.64. The molecule has 1 aliphatic carbocycles. The van der Waals surface area contributed by atoms with Crippen LogP contribution in [0.1, 0.15) is 30.4 Å². The van der Waals surface area contributed by atoms with Gasteiger partial charge in [0.15, 0.2) is 6.61 Å². The highest BCUT2D eigenvalue weighted by Crippen LogP contribution is 2.44. The van der Waals surface area contributed by atoms with Crippen LogP contribution in [0.15, 0.2) is 54.6 Å². The van der Waals surface area contributed by atoms with E-state index in [-0.39, 0.29) is 30.8 Å². The van der Waals surface area contributed by atoms with Crippen LogP contribution in [0.3, 0.4) is 0 Å². The predicted octanol–water partition coefficient (Wildman–Crippen LogP) is 3.45. The van der Waals surface area contributed by atoms with Crippen LogP contribution < -0.4 is 0 Å². The van der Waals surface area contributed by atoms with E-state index in [1.54, 1.807) is 19.2 Å². The van der Waals surface area contributed by atoms with Crippen molar-refractivity contribution in [1.82, 2.24) is 4.90 Å². The first-order chi connectivity index (χ1) is 12.5. The number of carbonyl (C=O) groups excluding carboxylic acids is 2. The monoisotopic (exact) mass is 355 g/mol. The standard InChI is InChI=1S/C21H22FNO3/c1-23(14-16-7-5-10-18(22)13-16)19(24)15-26-20(25)21(11-6-12-21)17-8-3-2-4-9-17/h2-5,7-10,13H,6,11-12,14-15H2,1H3. The first-order valence-corrected chi connectivity index (χ1v) is 8.72. The molecule has 3 rings (SSSR count). The molecule has 26 heavy (non-hydrogen) atoms. The van der Waals surface area contributed by atoms with Crippen LogP contribution in [0.5, 0.6) is 0 Å². The third-order valence-electron chi connectivity index (χ3n) is 4.99. The predicted molar refractivity (Wildman–Crippen MR) is 95.8 cm³/mol. The summed E-state index contributed by atoms with van der Waals surface area (Å²) in [5.74, 6) is -1.00. The SMILES string of the molecule is CN(Cc1cccc(F)c1)C(=O)COC(=O)C1(c2ccccc2)CCC1. The molecular formula is C21H22FNO3. The fourth-order valence-corrected chi connectivity index (χ4v) is 3.27. The van der Waals surface area contributed by atoms with Gasteiger partial charge >= 0.3 is 5.97 Å². The summed E-state index contributed by atoms with van der Waals surface area (Å²) >= 11 is 0. The molecule has 2 aromatic rings. The lowest BCUT2D eigenvalue weighted by molar-refractivity contribution is -0.160. The Morgan fingerprint density at radius 1 is 1.12 bits per heavy atom. The Kier molecular flexibility index (Phi) is 5.35. The summed E-state index contributed by atoms with van der Waals surface area (Å²) in [6.45, 7) is -0.0444. The first-order valence-electron chi connectivity index (χ1n) is 8.72. The molecule has 4 nitrogen and oxygen atoms in total. The number of ether oxygens (including phenoxy) is 1. The van der Waals surface area contributed by atoms with Crippen LogP contribution >= 0.6 is 0 Å². The van der Waals surface area contributed by atoms with Crippen molar-refractivity contribution in [1.29, 1.82) is 0 Å². The quantitative estimate of drug-likeness (QED) is 0.746. The molecule has 0 spiro atoms. The summed E-state index contributed by atoms with van der Waals surface area (Å²) < 4.78 is 18.6. The van der Waals surface area contributed by atoms with Crippen molar-refractivity contribution < 1.29 is 18.7 Å². The molecule has 0 heterocycles. The molecule has 1 amide bonds. The van der Waals surface area contributed by atoms with E-state index in [9.17, 15) is 14.0 Å². The average molecular weight is 355 g/mol. The Hall–Kier alpha value is -2.69. The molecule has 0 unspecified atom stereocenters. The lowest BCUT2D eigenvalue weighted by Gasteiger charge is -2.39. The fraction of sp³-hybridized carbons (Fsp3) is 0.333. The van der Waals surface area contributed by atoms with Gasteiger partial charge in [0.05, 0.1) is 5.41 Å². The summed E-state index contributed by atoms with van der Waals surface area (Å²) in [6, 6.07) is 15.7. The molecule has 0 aromatic heterocycles. The smallest absolute Gasteiger partial charge is 0.317 e. The van der Waals surface area contributed by atoms with Crippen LogP contribution in [-0.2, 0) is 26.3 Å². The van der Waals surface area contributed by atoms with Gasteiger partial charge in [-0.3, -0.25) is 9.59 Å². The number of esters is 1. The molecule has 1 fully saturated rings. The van der Waals surface area contributed by atoms with E-state index in [1.807, 2.05) is 30.3 Å². The molecule has 1 aliphatic rings. The molecule has 0 radical (unpaired) electrons. The van der Waals surface area contributed by atoms with Crippen LogP contribution in [-0.4, -0.2) is 30.4 Å². The summed E-state index contributed by atoms with van der Waals surface area (Å²) in [5.41, 5.74) is 1.01. The number of rotatable bonds is 6. The number of likely N-dealkylation sites (N-methyl/N-ethyl adjacent to an activating group) is 1. The normalized spacial score (nSPS) is 15.0. The zero-order valence-electron chi connectivity index (χ0n) is 14.8. The van der Waals surface area contributed by atoms with Crippen LogP contribution in [0, 0.1) is 5.82 Å². The number of halogens is 1. The van der Waals surface area contributed by atoms with Crippen molar-refractivity contribution in [2.45, 2.75) is 31.2 Å². The molecule has 0 aliphatic heterocycles. The number of amides is 1. The van der Waals surface area contributed by atoms with Gasteiger partial charge in [-0.1, -0.05) is 48.9 Å². The van der Waals surface area contributed by atoms with Crippen LogP contribution in [0.25, 0.3) is 0 Å². The van der Waals surface area contributed by atoms with E-state index in [0.29, 0.717) is 5.56 Å². The van der Waals surface area contributed by atoms with Gasteiger partial charge in [0.2, 0.25) is 0 Å². The van der Waals surface area contributed by atoms with Gasteiger partial charge in [0.1, 0.15) is 5.82 Å². The zero-order valence-corrected chi connectivity index (χ0v) is 14.8. The maximum absolute atomic E-state index is 13.2. The van der Waals surface area contributed by atoms with Crippen molar-refractivity contribution in [3.8, 4) is 0 Å². The van der Waals surface area contributed by atoms with Gasteiger partial charge in [0, 0.05) is 13.6 Å². The Bertz CT molecular complexity index is 787. The highest BCUT2D eigenvalue weighted by molar-refractivity contribution is 5.87. The van der Waals surface area contributed by atoms with Gasteiger partial charge in [0.25, 0.3) is 5.91 Å². The molecule has 5 heteroatoms. The summed E-state index contributed by atoms with van der Waals surface area (Å²) in [6.07, 6.45) is 2.45. The van der Waals surface area contributed by atoms with Gasteiger partial charge in [-0.15, -0.1) is 0 Å². The molecule has 1 saturated carbocycles. The number of carbonyl (C=O) groups is 2. The van der Waals surface area contributed by atoms with Crippen LogP contribution in [0.2, 0.25) is 0 Å². The van der Waals surface area contributed by atoms with Crippen molar-refractivity contribution in [2.24, 2.45) is 0 Å². The third kappa shape index (κ3) is 3.77. The zero-order chi connectivity index (χ0) is 18.6. The van der Waals surface area contributed by atoms with Gasteiger partial charge < -0.3 is 9.64 Å². The van der Waals surface area contributed by atoms with Gasteiger partial charge in [-0.05, 0) is 36.1 Å². The van der Waals surface area contributed by atoms with E-state index in [1.165, 1.54) is 17.0 Å². The molecule has 2 aromatic carbocycles. The number of hydrogen-bond donors (Lipinski definition) is 0. The molecule has 0 saturated heterocycles. The Morgan fingerprint density at radius 2 is 1.85 bits per heavy atom. The second kappa shape index (κ2) is 7.68. The largest absolute Gasteiger partial charge is 0.455 e. The average Bonchev–Trinajstić information content (AvgIpc) is 2.59. The summed E-state index contributed by atoms with van der Waals surface area (Å²) in [7, 11) is 1.61. The molecule has 0 atom stereocenters. The Morgan fingerprint density at radius 3 is 2.46 bits per heavy atom. The molecular weight excluding hydrogens is 333 g/mol. The van der Waals surface area contributed by atoms with E-state index in [2.05, 4.69) is 0 Å². The van der Waals surface area contributed by atoms with E-state index < -0.39 is 5.41 Å². The Balaban J connectivity index is 1.57. The van der Waals surface area contributed by atoms with Crippen molar-refractivity contribution in [2.75, 3.05) is 13.7 Å². The topological polar surface area (TPSA) is 46.6 Å². The van der Waals surface area contributed by atoms with E-state index in [4.69, 9.17) is 4.74 Å². The third-order valence-corrected chi connectivity index (χ3v) is 4.99. The second-order valence-corrected chi connectivity index (χ2v) is 6.76. The van der Waals surface area contributed by atoms with E-state index in [0.717, 1.165) is 24.8 Å². The Labute approximate surface area is 152 Å². The molecule has 0 N–H and O–H groups in total. The van der Waals surface area contributed by atoms with Crippen LogP contribution in [0.4, 0.5) is 4.39 Å². The summed E-state index contributed by atoms with van der Waals surface area (Å²) in [5, 5.41) is 0. The maximum atomic E-state index is 13.2. The van der Waals surface area contributed by atoms with E-state index >= 15 is 0 Å². The highest BCUT2D eigenvalue weighted by Gasteiger charge is 2.47. The highest BCUT2D eigenvalue weighted by atomic mass is 19.1. The van der Waals surface area contributed by atoms with Gasteiger partial charge in [-0.25, -0.2) is 4.39 Å². The lowest BCUT2D eigenvalue weighted by Crippen LogP contribution is -2.45. The van der Waals surface area contributed by atoms with Crippen molar-refractivity contribution in [3.05, 3.63) is 71.5 Å². The minimum absolute atomic E-state index is 0.262. The van der Waals surface area contributed by atoms with Gasteiger partial charge in [-0.2, -0.15) is 0 Å². The summed E-state index contributed by atoms with van der Waals surface area (Å²) in [4.78, 5) is 26.3. The fourth-order valence-electron chi connectivity index (χ4n) is 3.27. The number of hydrogen-bond acceptors (Lipinski definition) is 3. The maximum Gasteiger partial charge on any atom is 0.317 e. The van der Waals surface area contributed by atoms with Crippen molar-refractivity contribution in [3.63, 3.8) is 0 Å². The minimum atomic E-state index is -0.622. The second-order valence-electron chi connectivity index (χ2n) is 6.76.